The van der Waals surface area contributed by atoms with Gasteiger partial charge in [-0.2, -0.15) is 0 Å². The van der Waals surface area contributed by atoms with Gasteiger partial charge >= 0.3 is 0 Å². The molecule has 1 aliphatic carbocycles. The van der Waals surface area contributed by atoms with Crippen LogP contribution in [0.5, 0.6) is 0 Å². The van der Waals surface area contributed by atoms with E-state index in [1.54, 1.807) is 0 Å². The van der Waals surface area contributed by atoms with Crippen molar-refractivity contribution in [1.29, 1.82) is 0 Å². The summed E-state index contributed by atoms with van der Waals surface area (Å²) < 4.78 is 26.5. The number of hydrogen-bond donors (Lipinski definition) is 2. The van der Waals surface area contributed by atoms with E-state index in [0.29, 0.717) is 11.8 Å². The lowest BCUT2D eigenvalue weighted by Crippen LogP contribution is -2.31. The number of anilines is 2. The quantitative estimate of drug-likeness (QED) is 0.853. The topological polar surface area (TPSA) is 50.9 Å². The number of hydrogen-bond acceptors (Lipinski definition) is 3. The summed E-state index contributed by atoms with van der Waals surface area (Å²) in [5.41, 5.74) is 5.35. The van der Waals surface area contributed by atoms with Gasteiger partial charge in [0.2, 0.25) is 0 Å². The highest BCUT2D eigenvalue weighted by Gasteiger charge is 2.25. The average molecular weight is 255 g/mol. The summed E-state index contributed by atoms with van der Waals surface area (Å²) in [7, 11) is 0. The lowest BCUT2D eigenvalue weighted by Gasteiger charge is -2.32. The lowest BCUT2D eigenvalue weighted by molar-refractivity contribution is 0.260. The van der Waals surface area contributed by atoms with E-state index < -0.39 is 11.6 Å². The van der Waals surface area contributed by atoms with Gasteiger partial charge < -0.3 is 11.1 Å². The van der Waals surface area contributed by atoms with Crippen molar-refractivity contribution in [2.75, 3.05) is 11.1 Å². The predicted octanol–water partition coefficient (Wildman–Crippen LogP) is 3.18. The number of nitrogens with two attached hydrogens (primary N) is 1. The third kappa shape index (κ3) is 2.71. The molecule has 2 rings (SSSR count). The van der Waals surface area contributed by atoms with Crippen LogP contribution in [0.2, 0.25) is 0 Å². The number of aromatic nitrogens is 1. The number of halogens is 2. The number of nitrogens with zero attached hydrogens (tertiary/aromatic N) is 1. The van der Waals surface area contributed by atoms with Crippen LogP contribution in [0, 0.1) is 23.5 Å². The molecule has 0 spiro atoms. The fourth-order valence-corrected chi connectivity index (χ4v) is 2.45. The number of pyridine rings is 1. The van der Waals surface area contributed by atoms with Gasteiger partial charge in [-0.3, -0.25) is 0 Å². The van der Waals surface area contributed by atoms with Gasteiger partial charge in [0, 0.05) is 12.1 Å². The minimum Gasteiger partial charge on any atom is -0.381 e. The minimum atomic E-state index is -0.816. The van der Waals surface area contributed by atoms with Crippen molar-refractivity contribution in [2.45, 2.75) is 39.2 Å². The third-order valence-corrected chi connectivity index (χ3v) is 3.90. The van der Waals surface area contributed by atoms with E-state index in [9.17, 15) is 8.78 Å². The summed E-state index contributed by atoms with van der Waals surface area (Å²) in [5.74, 6) is -0.426. The Kier molecular flexibility index (Phi) is 3.68. The Morgan fingerprint density at radius 1 is 1.22 bits per heavy atom. The van der Waals surface area contributed by atoms with E-state index in [1.165, 1.54) is 0 Å². The summed E-state index contributed by atoms with van der Waals surface area (Å²) in [4.78, 5) is 3.73. The zero-order chi connectivity index (χ0) is 13.3. The highest BCUT2D eigenvalue weighted by Crippen LogP contribution is 2.31. The van der Waals surface area contributed by atoms with Gasteiger partial charge in [0.15, 0.2) is 23.3 Å². The molecule has 1 heterocycles. The molecule has 0 saturated heterocycles. The average Bonchev–Trinajstić information content (AvgIpc) is 2.31. The van der Waals surface area contributed by atoms with Gasteiger partial charge in [-0.05, 0) is 31.1 Å². The molecule has 1 saturated carbocycles. The maximum atomic E-state index is 13.5. The molecular weight excluding hydrogens is 236 g/mol. The summed E-state index contributed by atoms with van der Waals surface area (Å²) in [6, 6.07) is 0.961. The Balaban J connectivity index is 2.08. The standard InChI is InChI=1S/C13H19F2N3/c1-7-3-4-9(5-8(7)2)17-13-11(15)6-10(14)12(16)18-13/h6-9H,3-5H2,1-2H3,(H3,16,17,18). The van der Waals surface area contributed by atoms with Crippen molar-refractivity contribution in [1.82, 2.24) is 4.98 Å². The van der Waals surface area contributed by atoms with E-state index in [2.05, 4.69) is 24.1 Å². The molecule has 0 aromatic carbocycles. The van der Waals surface area contributed by atoms with Crippen LogP contribution >= 0.6 is 0 Å². The van der Waals surface area contributed by atoms with Crippen LogP contribution in [0.25, 0.3) is 0 Å². The second-order valence-electron chi connectivity index (χ2n) is 5.29. The fraction of sp³-hybridized carbons (Fsp3) is 0.615. The van der Waals surface area contributed by atoms with Crippen LogP contribution < -0.4 is 11.1 Å². The van der Waals surface area contributed by atoms with E-state index in [0.717, 1.165) is 25.3 Å². The zero-order valence-corrected chi connectivity index (χ0v) is 10.7. The van der Waals surface area contributed by atoms with Crippen LogP contribution in [0.1, 0.15) is 33.1 Å². The normalized spacial score (nSPS) is 28.1. The molecule has 3 nitrogen and oxygen atoms in total. The SMILES string of the molecule is CC1CCC(Nc2nc(N)c(F)cc2F)CC1C. The number of nitrogen functional groups attached to an aromatic ring is 1. The molecule has 3 atom stereocenters. The molecule has 3 N–H and O–H groups in total. The molecule has 1 fully saturated rings. The van der Waals surface area contributed by atoms with E-state index >= 15 is 0 Å². The zero-order valence-electron chi connectivity index (χ0n) is 10.7. The molecule has 1 aliphatic rings. The van der Waals surface area contributed by atoms with Crippen LogP contribution in [0.15, 0.2) is 6.07 Å². The maximum Gasteiger partial charge on any atom is 0.168 e. The molecule has 0 aliphatic heterocycles. The third-order valence-electron chi connectivity index (χ3n) is 3.90. The molecule has 0 bridgehead atoms. The Morgan fingerprint density at radius 3 is 2.61 bits per heavy atom. The first-order valence-corrected chi connectivity index (χ1v) is 6.35. The number of nitrogens with one attached hydrogen (secondary N) is 1. The first-order valence-electron chi connectivity index (χ1n) is 6.35. The van der Waals surface area contributed by atoms with Crippen molar-refractivity contribution in [3.8, 4) is 0 Å². The summed E-state index contributed by atoms with van der Waals surface area (Å²) >= 11 is 0. The Labute approximate surface area is 106 Å². The minimum absolute atomic E-state index is 0.0562. The van der Waals surface area contributed by atoms with Crippen molar-refractivity contribution >= 4 is 11.6 Å². The summed E-state index contributed by atoms with van der Waals surface area (Å²) in [5, 5.41) is 3.04. The predicted molar refractivity (Wildman–Crippen MR) is 68.2 cm³/mol. The van der Waals surface area contributed by atoms with E-state index in [4.69, 9.17) is 5.73 Å². The van der Waals surface area contributed by atoms with Crippen LogP contribution in [0.4, 0.5) is 20.4 Å². The first-order chi connectivity index (χ1) is 8.47. The smallest absolute Gasteiger partial charge is 0.168 e. The van der Waals surface area contributed by atoms with Crippen molar-refractivity contribution in [2.24, 2.45) is 11.8 Å². The number of rotatable bonds is 2. The van der Waals surface area contributed by atoms with Gasteiger partial charge in [-0.25, -0.2) is 13.8 Å². The molecule has 1 aromatic rings. The lowest BCUT2D eigenvalue weighted by atomic mass is 9.79. The molecule has 1 aromatic heterocycles. The molecule has 0 radical (unpaired) electrons. The maximum absolute atomic E-state index is 13.5. The highest BCUT2D eigenvalue weighted by atomic mass is 19.1. The first kappa shape index (κ1) is 13.1. The van der Waals surface area contributed by atoms with Crippen LogP contribution in [0.3, 0.4) is 0 Å². The van der Waals surface area contributed by atoms with Crippen molar-refractivity contribution in [3.05, 3.63) is 17.7 Å². The van der Waals surface area contributed by atoms with Gasteiger partial charge in [-0.1, -0.05) is 13.8 Å². The van der Waals surface area contributed by atoms with Crippen LogP contribution in [-0.2, 0) is 0 Å². The second kappa shape index (κ2) is 5.08. The molecular formula is C13H19F2N3. The summed E-state index contributed by atoms with van der Waals surface area (Å²) in [6.45, 7) is 4.43. The molecule has 5 heteroatoms. The van der Waals surface area contributed by atoms with Gasteiger partial charge in [0.05, 0.1) is 0 Å². The van der Waals surface area contributed by atoms with Crippen molar-refractivity contribution in [3.63, 3.8) is 0 Å². The van der Waals surface area contributed by atoms with Gasteiger partial charge in [0.25, 0.3) is 0 Å². The molecule has 0 amide bonds. The van der Waals surface area contributed by atoms with Crippen molar-refractivity contribution < 1.29 is 8.78 Å². The second-order valence-corrected chi connectivity index (χ2v) is 5.29. The largest absolute Gasteiger partial charge is 0.381 e. The Morgan fingerprint density at radius 2 is 1.94 bits per heavy atom. The Bertz CT molecular complexity index is 436. The molecule has 3 unspecified atom stereocenters. The van der Waals surface area contributed by atoms with E-state index in [-0.39, 0.29) is 17.7 Å². The van der Waals surface area contributed by atoms with Gasteiger partial charge in [0.1, 0.15) is 0 Å². The summed E-state index contributed by atoms with van der Waals surface area (Å²) in [6.07, 6.45) is 3.06. The van der Waals surface area contributed by atoms with Crippen LogP contribution in [-0.4, -0.2) is 11.0 Å². The Hall–Kier alpha value is -1.39. The molecule has 18 heavy (non-hydrogen) atoms. The fourth-order valence-electron chi connectivity index (χ4n) is 2.45. The van der Waals surface area contributed by atoms with Gasteiger partial charge in [-0.15, -0.1) is 0 Å². The van der Waals surface area contributed by atoms with E-state index in [1.807, 2.05) is 0 Å². The monoisotopic (exact) mass is 255 g/mol. The highest BCUT2D eigenvalue weighted by molar-refractivity contribution is 5.45. The molecule has 100 valence electrons.